The molecule has 0 saturated carbocycles. The number of carboxylic acid groups (broad SMARTS) is 1. The first-order valence-corrected chi connectivity index (χ1v) is 10.2. The Labute approximate surface area is 169 Å². The van der Waals surface area contributed by atoms with E-state index in [2.05, 4.69) is 17.4 Å². The highest BCUT2D eigenvalue weighted by Gasteiger charge is 2.30. The number of carbonyl (C=O) groups is 2. The van der Waals surface area contributed by atoms with E-state index in [1.807, 2.05) is 57.2 Å². The van der Waals surface area contributed by atoms with E-state index in [1.165, 1.54) is 11.8 Å². The SMILES string of the molecule is CC(C)(C)SC[C@H](NC(=O)OCC1c2ccccc2-c2ccccc21)C(=O)O. The summed E-state index contributed by atoms with van der Waals surface area (Å²) in [7, 11) is 0. The molecule has 0 aliphatic heterocycles. The third kappa shape index (κ3) is 4.68. The van der Waals surface area contributed by atoms with Crippen molar-refractivity contribution in [1.29, 1.82) is 0 Å². The van der Waals surface area contributed by atoms with Crippen molar-refractivity contribution in [3.63, 3.8) is 0 Å². The second kappa shape index (κ2) is 8.27. The molecule has 3 rings (SSSR count). The van der Waals surface area contributed by atoms with E-state index in [4.69, 9.17) is 4.74 Å². The fourth-order valence-corrected chi connectivity index (χ4v) is 4.18. The number of hydrogen-bond donors (Lipinski definition) is 2. The monoisotopic (exact) mass is 399 g/mol. The summed E-state index contributed by atoms with van der Waals surface area (Å²) in [5, 5.41) is 11.9. The maximum Gasteiger partial charge on any atom is 0.407 e. The molecule has 0 aromatic heterocycles. The molecule has 0 radical (unpaired) electrons. The Hall–Kier alpha value is -2.47. The summed E-state index contributed by atoms with van der Waals surface area (Å²) < 4.78 is 5.34. The van der Waals surface area contributed by atoms with Crippen LogP contribution >= 0.6 is 11.8 Å². The lowest BCUT2D eigenvalue weighted by Crippen LogP contribution is -2.43. The average Bonchev–Trinajstić information content (AvgIpc) is 2.96. The van der Waals surface area contributed by atoms with Crippen molar-refractivity contribution >= 4 is 23.8 Å². The first-order chi connectivity index (χ1) is 13.3. The lowest BCUT2D eigenvalue weighted by atomic mass is 9.98. The molecule has 0 saturated heterocycles. The molecule has 1 aliphatic carbocycles. The number of carbonyl (C=O) groups excluding carboxylic acids is 1. The number of rotatable bonds is 6. The van der Waals surface area contributed by atoms with Gasteiger partial charge in [-0.2, -0.15) is 11.8 Å². The topological polar surface area (TPSA) is 75.6 Å². The highest BCUT2D eigenvalue weighted by molar-refractivity contribution is 8.00. The van der Waals surface area contributed by atoms with E-state index in [0.29, 0.717) is 0 Å². The van der Waals surface area contributed by atoms with Gasteiger partial charge >= 0.3 is 12.1 Å². The van der Waals surface area contributed by atoms with Gasteiger partial charge in [0, 0.05) is 16.4 Å². The van der Waals surface area contributed by atoms with Gasteiger partial charge in [0.1, 0.15) is 12.6 Å². The van der Waals surface area contributed by atoms with Crippen molar-refractivity contribution in [3.05, 3.63) is 59.7 Å². The van der Waals surface area contributed by atoms with Crippen LogP contribution in [0.3, 0.4) is 0 Å². The Morgan fingerprint density at radius 3 is 2.11 bits per heavy atom. The number of amides is 1. The Morgan fingerprint density at radius 1 is 1.07 bits per heavy atom. The van der Waals surface area contributed by atoms with Crippen molar-refractivity contribution in [2.75, 3.05) is 12.4 Å². The first-order valence-electron chi connectivity index (χ1n) is 9.24. The van der Waals surface area contributed by atoms with Crippen molar-refractivity contribution in [3.8, 4) is 11.1 Å². The molecule has 5 nitrogen and oxygen atoms in total. The number of alkyl carbamates (subject to hydrolysis) is 1. The number of aliphatic carboxylic acids is 1. The Bertz CT molecular complexity index is 829. The van der Waals surface area contributed by atoms with Crippen LogP contribution in [-0.4, -0.2) is 40.3 Å². The van der Waals surface area contributed by atoms with Crippen LogP contribution in [0.5, 0.6) is 0 Å². The molecule has 2 aromatic carbocycles. The van der Waals surface area contributed by atoms with Crippen LogP contribution in [-0.2, 0) is 9.53 Å². The largest absolute Gasteiger partial charge is 0.480 e. The van der Waals surface area contributed by atoms with E-state index >= 15 is 0 Å². The van der Waals surface area contributed by atoms with Gasteiger partial charge in [0.2, 0.25) is 0 Å². The van der Waals surface area contributed by atoms with Gasteiger partial charge in [-0.15, -0.1) is 0 Å². The second-order valence-electron chi connectivity index (χ2n) is 7.78. The van der Waals surface area contributed by atoms with Crippen LogP contribution in [0.4, 0.5) is 4.79 Å². The standard InChI is InChI=1S/C22H25NO4S/c1-22(2,3)28-13-19(20(24)25)23-21(26)27-12-18-16-10-6-4-8-14(16)15-9-5-7-11-17(15)18/h4-11,18-19H,12-13H2,1-3H3,(H,23,26)(H,24,25)/t19-/m0/s1. The zero-order valence-electron chi connectivity index (χ0n) is 16.3. The van der Waals surface area contributed by atoms with Crippen molar-refractivity contribution in [1.82, 2.24) is 5.32 Å². The quantitative estimate of drug-likeness (QED) is 0.747. The van der Waals surface area contributed by atoms with E-state index in [1.54, 1.807) is 0 Å². The molecule has 1 atom stereocenters. The first kappa shape index (κ1) is 20.3. The minimum atomic E-state index is -1.06. The summed E-state index contributed by atoms with van der Waals surface area (Å²) >= 11 is 1.49. The zero-order valence-corrected chi connectivity index (χ0v) is 17.1. The summed E-state index contributed by atoms with van der Waals surface area (Å²) in [6, 6.07) is 15.2. The van der Waals surface area contributed by atoms with Crippen LogP contribution in [0.2, 0.25) is 0 Å². The third-order valence-electron chi connectivity index (χ3n) is 4.62. The molecule has 6 heteroatoms. The molecule has 1 aliphatic rings. The molecule has 28 heavy (non-hydrogen) atoms. The number of hydrogen-bond acceptors (Lipinski definition) is 4. The predicted octanol–water partition coefficient (Wildman–Crippen LogP) is 4.51. The Kier molecular flexibility index (Phi) is 5.98. The van der Waals surface area contributed by atoms with Gasteiger partial charge in [-0.25, -0.2) is 9.59 Å². The van der Waals surface area contributed by atoms with E-state index in [9.17, 15) is 14.7 Å². The van der Waals surface area contributed by atoms with Gasteiger partial charge in [0.25, 0.3) is 0 Å². The maximum absolute atomic E-state index is 12.3. The molecule has 0 heterocycles. The van der Waals surface area contributed by atoms with Crippen LogP contribution in [0.15, 0.2) is 48.5 Å². The zero-order chi connectivity index (χ0) is 20.3. The summed E-state index contributed by atoms with van der Waals surface area (Å²) in [6.45, 7) is 6.18. The van der Waals surface area contributed by atoms with Crippen molar-refractivity contribution in [2.24, 2.45) is 0 Å². The van der Waals surface area contributed by atoms with Crippen molar-refractivity contribution in [2.45, 2.75) is 37.5 Å². The number of benzene rings is 2. The number of nitrogens with one attached hydrogen (secondary N) is 1. The number of fused-ring (bicyclic) bond motifs is 3. The van der Waals surface area contributed by atoms with Gasteiger partial charge in [0.15, 0.2) is 0 Å². The smallest absolute Gasteiger partial charge is 0.407 e. The molecule has 2 aromatic rings. The molecule has 1 amide bonds. The van der Waals surface area contributed by atoms with Crippen LogP contribution in [0.1, 0.15) is 37.8 Å². The molecule has 0 bridgehead atoms. The number of carboxylic acids is 1. The fourth-order valence-electron chi connectivity index (χ4n) is 3.29. The van der Waals surface area contributed by atoms with Crippen molar-refractivity contribution < 1.29 is 19.4 Å². The minimum absolute atomic E-state index is 0.0506. The Balaban J connectivity index is 1.65. The molecule has 148 valence electrons. The van der Waals surface area contributed by atoms with Gasteiger partial charge in [-0.1, -0.05) is 69.3 Å². The normalized spacial score (nSPS) is 14.1. The van der Waals surface area contributed by atoms with E-state index in [-0.39, 0.29) is 23.0 Å². The molecule has 0 spiro atoms. The van der Waals surface area contributed by atoms with Gasteiger partial charge in [-0.05, 0) is 22.3 Å². The average molecular weight is 400 g/mol. The molecular weight excluding hydrogens is 374 g/mol. The second-order valence-corrected chi connectivity index (χ2v) is 9.63. The maximum atomic E-state index is 12.3. The highest BCUT2D eigenvalue weighted by Crippen LogP contribution is 2.44. The molecular formula is C22H25NO4S. The van der Waals surface area contributed by atoms with Gasteiger partial charge in [0.05, 0.1) is 0 Å². The van der Waals surface area contributed by atoms with Crippen LogP contribution < -0.4 is 5.32 Å². The lowest BCUT2D eigenvalue weighted by Gasteiger charge is -2.21. The lowest BCUT2D eigenvalue weighted by molar-refractivity contribution is -0.138. The van der Waals surface area contributed by atoms with E-state index in [0.717, 1.165) is 22.3 Å². The van der Waals surface area contributed by atoms with Gasteiger partial charge < -0.3 is 15.2 Å². The van der Waals surface area contributed by atoms with E-state index < -0.39 is 18.1 Å². The molecule has 0 unspecified atom stereocenters. The number of thioether (sulfide) groups is 1. The van der Waals surface area contributed by atoms with Crippen LogP contribution in [0.25, 0.3) is 11.1 Å². The minimum Gasteiger partial charge on any atom is -0.480 e. The highest BCUT2D eigenvalue weighted by atomic mass is 32.2. The van der Waals surface area contributed by atoms with Crippen LogP contribution in [0, 0.1) is 0 Å². The predicted molar refractivity (Wildman–Crippen MR) is 112 cm³/mol. The summed E-state index contributed by atoms with van der Waals surface area (Å²) in [6.07, 6.45) is -0.705. The van der Waals surface area contributed by atoms with Gasteiger partial charge in [-0.3, -0.25) is 0 Å². The number of ether oxygens (including phenoxy) is 1. The molecule has 2 N–H and O–H groups in total. The summed E-state index contributed by atoms with van der Waals surface area (Å²) in [4.78, 5) is 23.7. The third-order valence-corrected chi connectivity index (χ3v) is 5.98. The summed E-state index contributed by atoms with van der Waals surface area (Å²) in [5.74, 6) is -0.834. The molecule has 0 fully saturated rings. The summed E-state index contributed by atoms with van der Waals surface area (Å²) in [5.41, 5.74) is 4.54. The fraction of sp³-hybridized carbons (Fsp3) is 0.364. The Morgan fingerprint density at radius 2 is 1.61 bits per heavy atom.